The molecule has 0 N–H and O–H groups in total. The number of likely N-dealkylation sites (N-methyl/N-ethyl adjacent to an activating group) is 1. The summed E-state index contributed by atoms with van der Waals surface area (Å²) in [5.41, 5.74) is -1.43. The molecule has 1 aromatic heterocycles. The molecule has 0 bridgehead atoms. The number of amides is 1. The lowest BCUT2D eigenvalue weighted by molar-refractivity contribution is 0.0652. The van der Waals surface area contributed by atoms with Gasteiger partial charge in [-0.15, -0.1) is 0 Å². The lowest BCUT2D eigenvalue weighted by Crippen LogP contribution is -2.51. The van der Waals surface area contributed by atoms with Crippen LogP contribution < -0.4 is 11.2 Å². The summed E-state index contributed by atoms with van der Waals surface area (Å²) in [6.45, 7) is 3.88. The average Bonchev–Trinajstić information content (AvgIpc) is 2.80. The van der Waals surface area contributed by atoms with E-state index in [2.05, 4.69) is 10.00 Å². The van der Waals surface area contributed by atoms with Gasteiger partial charge in [0.05, 0.1) is 6.04 Å². The van der Waals surface area contributed by atoms with E-state index in [0.717, 1.165) is 9.25 Å². The summed E-state index contributed by atoms with van der Waals surface area (Å²) in [4.78, 5) is 43.5. The van der Waals surface area contributed by atoms with Crippen molar-refractivity contribution in [3.05, 3.63) is 92.5 Å². The zero-order valence-corrected chi connectivity index (χ0v) is 17.9. The highest BCUT2D eigenvalue weighted by Crippen LogP contribution is 2.15. The smallest absolute Gasteiger partial charge is 0.335 e. The molecule has 166 valence electrons. The Kier molecular flexibility index (Phi) is 6.00. The van der Waals surface area contributed by atoms with Crippen LogP contribution in [0.25, 0.3) is 5.69 Å². The molecule has 1 aliphatic rings. The van der Waals surface area contributed by atoms with Crippen molar-refractivity contribution in [2.45, 2.75) is 13.0 Å². The summed E-state index contributed by atoms with van der Waals surface area (Å²) in [5, 5.41) is 4.06. The van der Waals surface area contributed by atoms with Crippen molar-refractivity contribution >= 4 is 5.91 Å². The number of para-hydroxylation sites is 1. The second-order valence-electron chi connectivity index (χ2n) is 7.85. The van der Waals surface area contributed by atoms with Gasteiger partial charge in [0.25, 0.3) is 11.5 Å². The van der Waals surface area contributed by atoms with E-state index in [0.29, 0.717) is 31.7 Å². The monoisotopic (exact) mass is 437 g/mol. The van der Waals surface area contributed by atoms with E-state index in [9.17, 15) is 18.8 Å². The van der Waals surface area contributed by atoms with Crippen molar-refractivity contribution < 1.29 is 9.18 Å². The van der Waals surface area contributed by atoms with Crippen LogP contribution in [0.5, 0.6) is 0 Å². The van der Waals surface area contributed by atoms with Gasteiger partial charge in [0.15, 0.2) is 0 Å². The highest BCUT2D eigenvalue weighted by Gasteiger charge is 2.28. The Morgan fingerprint density at radius 3 is 2.25 bits per heavy atom. The third-order valence-electron chi connectivity index (χ3n) is 5.75. The number of hydrogen-bond donors (Lipinski definition) is 0. The molecule has 0 spiro atoms. The molecular formula is C23H24FN5O3. The zero-order valence-electron chi connectivity index (χ0n) is 17.9. The lowest BCUT2D eigenvalue weighted by atomic mass is 10.1. The molecule has 1 unspecified atom stereocenters. The largest absolute Gasteiger partial charge is 0.352 e. The number of piperazine rings is 1. The van der Waals surface area contributed by atoms with Gasteiger partial charge in [0.1, 0.15) is 11.5 Å². The topological polar surface area (TPSA) is 80.4 Å². The predicted octanol–water partition coefficient (Wildman–Crippen LogP) is 1.53. The molecule has 2 aromatic carbocycles. The molecule has 3 aromatic rings. The fraction of sp³-hybridized carbons (Fsp3) is 0.304. The minimum atomic E-state index is -0.814. The van der Waals surface area contributed by atoms with Crippen LogP contribution >= 0.6 is 0 Å². The number of halogens is 1. The van der Waals surface area contributed by atoms with E-state index in [-0.39, 0.29) is 5.69 Å². The SMILES string of the molecule is CC(c1ccccc1)n1c(=O)c(C(=O)N2CCN(C)CC2)nn(-c2ccccc2F)c1=O. The molecule has 32 heavy (non-hydrogen) atoms. The van der Waals surface area contributed by atoms with Gasteiger partial charge in [-0.2, -0.15) is 9.78 Å². The molecular weight excluding hydrogens is 413 g/mol. The van der Waals surface area contributed by atoms with E-state index < -0.39 is 34.7 Å². The number of benzene rings is 2. The Balaban J connectivity index is 1.91. The quantitative estimate of drug-likeness (QED) is 0.619. The molecule has 2 heterocycles. The van der Waals surface area contributed by atoms with Crippen LogP contribution in [0.15, 0.2) is 64.2 Å². The Labute approximate surface area is 184 Å². The molecule has 0 saturated carbocycles. The minimum absolute atomic E-state index is 0.126. The molecule has 1 aliphatic heterocycles. The maximum atomic E-state index is 14.6. The van der Waals surface area contributed by atoms with Gasteiger partial charge in [-0.05, 0) is 31.7 Å². The second kappa shape index (κ2) is 8.88. The zero-order chi connectivity index (χ0) is 22.8. The molecule has 1 atom stereocenters. The number of carbonyl (C=O) groups is 1. The van der Waals surface area contributed by atoms with Crippen molar-refractivity contribution in [1.82, 2.24) is 24.1 Å². The summed E-state index contributed by atoms with van der Waals surface area (Å²) in [6, 6.07) is 13.9. The Bertz CT molecular complexity index is 1250. The van der Waals surface area contributed by atoms with Crippen molar-refractivity contribution in [3.8, 4) is 5.69 Å². The number of aromatic nitrogens is 3. The maximum absolute atomic E-state index is 14.6. The van der Waals surface area contributed by atoms with Crippen LogP contribution in [0.4, 0.5) is 4.39 Å². The number of rotatable bonds is 4. The average molecular weight is 437 g/mol. The van der Waals surface area contributed by atoms with E-state index in [1.54, 1.807) is 37.3 Å². The van der Waals surface area contributed by atoms with E-state index in [1.165, 1.54) is 23.1 Å². The highest BCUT2D eigenvalue weighted by molar-refractivity contribution is 5.92. The van der Waals surface area contributed by atoms with Crippen LogP contribution in [0, 0.1) is 5.82 Å². The van der Waals surface area contributed by atoms with Gasteiger partial charge in [-0.25, -0.2) is 13.8 Å². The fourth-order valence-electron chi connectivity index (χ4n) is 3.78. The molecule has 0 aliphatic carbocycles. The van der Waals surface area contributed by atoms with Gasteiger partial charge < -0.3 is 9.80 Å². The van der Waals surface area contributed by atoms with Gasteiger partial charge in [-0.3, -0.25) is 9.59 Å². The molecule has 9 heteroatoms. The van der Waals surface area contributed by atoms with Crippen molar-refractivity contribution in [2.75, 3.05) is 33.2 Å². The first-order chi connectivity index (χ1) is 15.4. The van der Waals surface area contributed by atoms with Crippen LogP contribution in [-0.2, 0) is 0 Å². The minimum Gasteiger partial charge on any atom is -0.335 e. The summed E-state index contributed by atoms with van der Waals surface area (Å²) >= 11 is 0. The van der Waals surface area contributed by atoms with Crippen LogP contribution in [0.3, 0.4) is 0 Å². The Hall–Kier alpha value is -3.59. The molecule has 0 radical (unpaired) electrons. The maximum Gasteiger partial charge on any atom is 0.352 e. The predicted molar refractivity (Wildman–Crippen MR) is 118 cm³/mol. The molecule has 1 fully saturated rings. The van der Waals surface area contributed by atoms with Gasteiger partial charge in [0.2, 0.25) is 5.69 Å². The molecule has 1 saturated heterocycles. The number of carbonyl (C=O) groups excluding carboxylic acids is 1. The summed E-state index contributed by atoms with van der Waals surface area (Å²) < 4.78 is 16.3. The lowest BCUT2D eigenvalue weighted by Gasteiger charge is -2.32. The summed E-state index contributed by atoms with van der Waals surface area (Å²) in [7, 11) is 1.95. The number of nitrogens with zero attached hydrogens (tertiary/aromatic N) is 5. The van der Waals surface area contributed by atoms with E-state index in [4.69, 9.17) is 0 Å². The Morgan fingerprint density at radius 2 is 1.59 bits per heavy atom. The summed E-state index contributed by atoms with van der Waals surface area (Å²) in [6.07, 6.45) is 0. The van der Waals surface area contributed by atoms with E-state index in [1.807, 2.05) is 13.1 Å². The summed E-state index contributed by atoms with van der Waals surface area (Å²) in [5.74, 6) is -1.25. The number of hydrogen-bond acceptors (Lipinski definition) is 5. The van der Waals surface area contributed by atoms with Crippen molar-refractivity contribution in [1.29, 1.82) is 0 Å². The third-order valence-corrected chi connectivity index (χ3v) is 5.75. The first kappa shape index (κ1) is 21.6. The van der Waals surface area contributed by atoms with Crippen LogP contribution in [0.2, 0.25) is 0 Å². The standard InChI is InChI=1S/C23H24FN5O3/c1-16(17-8-4-3-5-9-17)28-22(31)20(21(30)27-14-12-26(2)13-15-27)25-29(23(28)32)19-11-7-6-10-18(19)24/h3-11,16H,12-15H2,1-2H3. The van der Waals surface area contributed by atoms with Crippen LogP contribution in [0.1, 0.15) is 29.0 Å². The molecule has 4 rings (SSSR count). The molecule has 1 amide bonds. The van der Waals surface area contributed by atoms with Crippen LogP contribution in [-0.4, -0.2) is 63.3 Å². The third kappa shape index (κ3) is 3.99. The first-order valence-corrected chi connectivity index (χ1v) is 10.4. The van der Waals surface area contributed by atoms with Gasteiger partial charge in [-0.1, -0.05) is 42.5 Å². The van der Waals surface area contributed by atoms with Gasteiger partial charge in [0, 0.05) is 26.2 Å². The first-order valence-electron chi connectivity index (χ1n) is 10.4. The highest BCUT2D eigenvalue weighted by atomic mass is 19.1. The second-order valence-corrected chi connectivity index (χ2v) is 7.85. The fourth-order valence-corrected chi connectivity index (χ4v) is 3.78. The Morgan fingerprint density at radius 1 is 0.969 bits per heavy atom. The van der Waals surface area contributed by atoms with Crippen molar-refractivity contribution in [3.63, 3.8) is 0 Å². The molecule has 8 nitrogen and oxygen atoms in total. The van der Waals surface area contributed by atoms with E-state index >= 15 is 0 Å². The normalized spacial score (nSPS) is 15.5. The van der Waals surface area contributed by atoms with Gasteiger partial charge >= 0.3 is 5.69 Å². The van der Waals surface area contributed by atoms with Crippen molar-refractivity contribution in [2.24, 2.45) is 0 Å².